The van der Waals surface area contributed by atoms with Crippen molar-refractivity contribution in [1.29, 1.82) is 0 Å². The van der Waals surface area contributed by atoms with Gasteiger partial charge in [0.05, 0.1) is 0 Å². The predicted molar refractivity (Wildman–Crippen MR) is 61.6 cm³/mol. The van der Waals surface area contributed by atoms with Crippen molar-refractivity contribution < 1.29 is 9.90 Å². The SMILES string of the molecule is C=CCCCSC(C)(C)C(N)C(=O)O. The molecule has 0 aliphatic rings. The van der Waals surface area contributed by atoms with Gasteiger partial charge in [-0.25, -0.2) is 0 Å². The molecule has 0 radical (unpaired) electrons. The Kier molecular flexibility index (Phi) is 5.88. The molecule has 0 fully saturated rings. The summed E-state index contributed by atoms with van der Waals surface area (Å²) in [5.74, 6) is -0.0220. The second-order valence-electron chi connectivity index (χ2n) is 3.70. The number of rotatable bonds is 7. The molecule has 0 aromatic heterocycles. The average molecular weight is 217 g/mol. The molecule has 82 valence electrons. The van der Waals surface area contributed by atoms with E-state index in [1.54, 1.807) is 11.8 Å². The van der Waals surface area contributed by atoms with Crippen LogP contribution in [0.25, 0.3) is 0 Å². The molecule has 0 aliphatic carbocycles. The van der Waals surface area contributed by atoms with Gasteiger partial charge in [-0.1, -0.05) is 6.08 Å². The first-order chi connectivity index (χ1) is 6.41. The monoisotopic (exact) mass is 217 g/mol. The molecule has 3 nitrogen and oxygen atoms in total. The maximum absolute atomic E-state index is 10.7. The molecule has 0 aromatic carbocycles. The van der Waals surface area contributed by atoms with Crippen molar-refractivity contribution in [3.63, 3.8) is 0 Å². The van der Waals surface area contributed by atoms with E-state index in [1.807, 2.05) is 19.9 Å². The summed E-state index contributed by atoms with van der Waals surface area (Å²) < 4.78 is -0.410. The number of allylic oxidation sites excluding steroid dienone is 1. The van der Waals surface area contributed by atoms with Crippen molar-refractivity contribution in [3.05, 3.63) is 12.7 Å². The van der Waals surface area contributed by atoms with E-state index in [9.17, 15) is 4.79 Å². The Labute approximate surface area is 89.8 Å². The zero-order valence-corrected chi connectivity index (χ0v) is 9.64. The average Bonchev–Trinajstić information content (AvgIpc) is 2.11. The predicted octanol–water partition coefficient (Wildman–Crippen LogP) is 1.88. The van der Waals surface area contributed by atoms with Crippen LogP contribution in [0.1, 0.15) is 26.7 Å². The number of aliphatic carboxylic acids is 1. The van der Waals surface area contributed by atoms with Gasteiger partial charge in [-0.15, -0.1) is 6.58 Å². The zero-order chi connectivity index (χ0) is 11.2. The lowest BCUT2D eigenvalue weighted by Crippen LogP contribution is -2.46. The van der Waals surface area contributed by atoms with E-state index in [1.165, 1.54) is 0 Å². The Balaban J connectivity index is 3.93. The highest BCUT2D eigenvalue weighted by molar-refractivity contribution is 8.00. The Morgan fingerprint density at radius 3 is 2.71 bits per heavy atom. The first-order valence-corrected chi connectivity index (χ1v) is 5.63. The lowest BCUT2D eigenvalue weighted by Gasteiger charge is -2.27. The normalized spacial score (nSPS) is 13.6. The minimum absolute atomic E-state index is 0.410. The molecule has 1 unspecified atom stereocenters. The van der Waals surface area contributed by atoms with Crippen LogP contribution in [0.4, 0.5) is 0 Å². The van der Waals surface area contributed by atoms with Gasteiger partial charge in [0.2, 0.25) is 0 Å². The third-order valence-corrected chi connectivity index (χ3v) is 3.53. The fourth-order valence-corrected chi connectivity index (χ4v) is 2.07. The van der Waals surface area contributed by atoms with E-state index in [-0.39, 0.29) is 0 Å². The first kappa shape index (κ1) is 13.5. The fourth-order valence-electron chi connectivity index (χ4n) is 0.950. The molecule has 0 rings (SSSR count). The molecule has 4 heteroatoms. The molecule has 0 spiro atoms. The molecule has 1 atom stereocenters. The van der Waals surface area contributed by atoms with Crippen LogP contribution in [0.3, 0.4) is 0 Å². The molecular weight excluding hydrogens is 198 g/mol. The summed E-state index contributed by atoms with van der Waals surface area (Å²) in [4.78, 5) is 10.7. The molecule has 3 N–H and O–H groups in total. The summed E-state index contributed by atoms with van der Waals surface area (Å²) in [6.45, 7) is 7.36. The van der Waals surface area contributed by atoms with Gasteiger partial charge in [-0.3, -0.25) is 4.79 Å². The summed E-state index contributed by atoms with van der Waals surface area (Å²) in [5.41, 5.74) is 5.57. The van der Waals surface area contributed by atoms with Gasteiger partial charge in [-0.2, -0.15) is 11.8 Å². The molecule has 0 aliphatic heterocycles. The molecular formula is C10H19NO2S. The molecule has 0 aromatic rings. The number of thioether (sulfide) groups is 1. The van der Waals surface area contributed by atoms with Crippen LogP contribution >= 0.6 is 11.8 Å². The molecule has 0 heterocycles. The van der Waals surface area contributed by atoms with Gasteiger partial charge >= 0.3 is 5.97 Å². The van der Waals surface area contributed by atoms with E-state index in [0.29, 0.717) is 0 Å². The van der Waals surface area contributed by atoms with Crippen molar-refractivity contribution in [3.8, 4) is 0 Å². The second-order valence-corrected chi connectivity index (χ2v) is 5.45. The number of nitrogens with two attached hydrogens (primary N) is 1. The van der Waals surface area contributed by atoms with E-state index >= 15 is 0 Å². The second kappa shape index (κ2) is 6.09. The van der Waals surface area contributed by atoms with Crippen molar-refractivity contribution in [2.45, 2.75) is 37.5 Å². The van der Waals surface area contributed by atoms with Crippen molar-refractivity contribution in [2.24, 2.45) is 5.73 Å². The summed E-state index contributed by atoms with van der Waals surface area (Å²) in [5, 5.41) is 8.77. The highest BCUT2D eigenvalue weighted by Crippen LogP contribution is 2.28. The number of carboxylic acids is 1. The first-order valence-electron chi connectivity index (χ1n) is 4.65. The summed E-state index contributed by atoms with van der Waals surface area (Å²) in [6.07, 6.45) is 3.85. The largest absolute Gasteiger partial charge is 0.480 e. The highest BCUT2D eigenvalue weighted by atomic mass is 32.2. The lowest BCUT2D eigenvalue weighted by molar-refractivity contribution is -0.139. The van der Waals surface area contributed by atoms with Crippen molar-refractivity contribution in [2.75, 3.05) is 5.75 Å². The number of carboxylic acid groups (broad SMARTS) is 1. The number of hydrogen-bond acceptors (Lipinski definition) is 3. The standard InChI is InChI=1S/C10H19NO2S/c1-4-5-6-7-14-10(2,3)8(11)9(12)13/h4,8H,1,5-7,11H2,2-3H3,(H,12,13). The van der Waals surface area contributed by atoms with Gasteiger partial charge in [0, 0.05) is 4.75 Å². The quantitative estimate of drug-likeness (QED) is 0.505. The summed E-state index contributed by atoms with van der Waals surface area (Å²) >= 11 is 1.60. The Morgan fingerprint density at radius 1 is 1.71 bits per heavy atom. The van der Waals surface area contributed by atoms with Crippen LogP contribution in [0, 0.1) is 0 Å². The molecule has 14 heavy (non-hydrogen) atoms. The lowest BCUT2D eigenvalue weighted by atomic mass is 10.1. The van der Waals surface area contributed by atoms with E-state index < -0.39 is 16.8 Å². The maximum atomic E-state index is 10.7. The molecule has 0 amide bonds. The van der Waals surface area contributed by atoms with Gasteiger partial charge in [0.1, 0.15) is 6.04 Å². The minimum atomic E-state index is -0.939. The smallest absolute Gasteiger partial charge is 0.321 e. The Bertz CT molecular complexity index is 204. The highest BCUT2D eigenvalue weighted by Gasteiger charge is 2.31. The third-order valence-electron chi connectivity index (χ3n) is 2.04. The Hall–Kier alpha value is -0.480. The topological polar surface area (TPSA) is 63.3 Å². The number of hydrogen-bond donors (Lipinski definition) is 2. The number of carbonyl (C=O) groups is 1. The van der Waals surface area contributed by atoms with E-state index in [0.717, 1.165) is 18.6 Å². The van der Waals surface area contributed by atoms with Crippen LogP contribution in [0.2, 0.25) is 0 Å². The Morgan fingerprint density at radius 2 is 2.29 bits per heavy atom. The third kappa shape index (κ3) is 4.67. The van der Waals surface area contributed by atoms with E-state index in [2.05, 4.69) is 6.58 Å². The zero-order valence-electron chi connectivity index (χ0n) is 8.82. The summed E-state index contributed by atoms with van der Waals surface area (Å²) in [6, 6.07) is -0.809. The van der Waals surface area contributed by atoms with Gasteiger partial charge in [-0.05, 0) is 32.4 Å². The van der Waals surface area contributed by atoms with Crippen LogP contribution in [-0.2, 0) is 4.79 Å². The van der Waals surface area contributed by atoms with Crippen molar-refractivity contribution in [1.82, 2.24) is 0 Å². The van der Waals surface area contributed by atoms with Crippen molar-refractivity contribution >= 4 is 17.7 Å². The van der Waals surface area contributed by atoms with Gasteiger partial charge in [0.15, 0.2) is 0 Å². The fraction of sp³-hybridized carbons (Fsp3) is 0.700. The van der Waals surface area contributed by atoms with E-state index in [4.69, 9.17) is 10.8 Å². The summed E-state index contributed by atoms with van der Waals surface area (Å²) in [7, 11) is 0. The molecule has 0 saturated carbocycles. The van der Waals surface area contributed by atoms with Crippen LogP contribution in [-0.4, -0.2) is 27.6 Å². The van der Waals surface area contributed by atoms with Crippen LogP contribution < -0.4 is 5.73 Å². The maximum Gasteiger partial charge on any atom is 0.321 e. The van der Waals surface area contributed by atoms with Crippen LogP contribution in [0.15, 0.2) is 12.7 Å². The van der Waals surface area contributed by atoms with Gasteiger partial charge < -0.3 is 10.8 Å². The minimum Gasteiger partial charge on any atom is -0.480 e. The molecule has 0 bridgehead atoms. The molecule has 0 saturated heterocycles. The van der Waals surface area contributed by atoms with Gasteiger partial charge in [0.25, 0.3) is 0 Å². The van der Waals surface area contributed by atoms with Crippen LogP contribution in [0.5, 0.6) is 0 Å². The number of unbranched alkanes of at least 4 members (excludes halogenated alkanes) is 1.